The van der Waals surface area contributed by atoms with E-state index >= 15 is 0 Å². The number of rotatable bonds is 11. The van der Waals surface area contributed by atoms with Crippen molar-refractivity contribution in [3.63, 3.8) is 0 Å². The Labute approximate surface area is 255 Å². The minimum Gasteiger partial charge on any atom is -0.458 e. The van der Waals surface area contributed by atoms with Gasteiger partial charge in [-0.15, -0.1) is 11.3 Å². The molecule has 3 N–H and O–H groups in total. The van der Waals surface area contributed by atoms with E-state index in [-0.39, 0.29) is 35.6 Å². The van der Waals surface area contributed by atoms with Gasteiger partial charge in [0.25, 0.3) is 11.8 Å². The molecular formula is C29H32F3N6O5S. The standard InChI is InChI=1S/C29H32F3N6O5S/c1-16(2)13-36(19-10-11-19)28-34-21(15-44-28)24(40)37(20(14-39)12-17-8-9-17)25(41)22-23(29(30,31)32)43-26(38(22)27(42)35-33)18-6-4-3-5-7-18/h3-7,15-17,19-20,26H,8-13,33H2,1-2H3,(H,35,42)/t20-,26?/m0/s1. The van der Waals surface area contributed by atoms with Gasteiger partial charge in [0.1, 0.15) is 11.7 Å². The molecule has 0 spiro atoms. The molecule has 235 valence electrons. The molecule has 0 saturated heterocycles. The molecule has 2 atom stereocenters. The Hall–Kier alpha value is -3.98. The smallest absolute Gasteiger partial charge is 0.451 e. The molecule has 5 rings (SSSR count). The van der Waals surface area contributed by atoms with Crippen LogP contribution in [-0.2, 0) is 14.3 Å². The Morgan fingerprint density at radius 2 is 1.84 bits per heavy atom. The highest BCUT2D eigenvalue weighted by Crippen LogP contribution is 2.45. The molecule has 1 unspecified atom stereocenters. The highest BCUT2D eigenvalue weighted by Gasteiger charge is 2.54. The van der Waals surface area contributed by atoms with Crippen LogP contribution in [0.1, 0.15) is 68.2 Å². The molecule has 0 bridgehead atoms. The van der Waals surface area contributed by atoms with Crippen LogP contribution in [0, 0.1) is 11.8 Å². The van der Waals surface area contributed by atoms with E-state index in [2.05, 4.69) is 9.88 Å². The van der Waals surface area contributed by atoms with Crippen LogP contribution in [0.5, 0.6) is 0 Å². The van der Waals surface area contributed by atoms with Crippen LogP contribution in [0.3, 0.4) is 0 Å². The van der Waals surface area contributed by atoms with Crippen LogP contribution in [0.4, 0.5) is 23.1 Å². The molecule has 1 radical (unpaired) electrons. The lowest BCUT2D eigenvalue weighted by Crippen LogP contribution is -2.51. The summed E-state index contributed by atoms with van der Waals surface area (Å²) < 4.78 is 48.6. The summed E-state index contributed by atoms with van der Waals surface area (Å²) in [6.45, 7) is 4.75. The average molecular weight is 634 g/mol. The minimum atomic E-state index is -5.26. The number of nitrogens with zero attached hydrogens (tertiary/aromatic N) is 4. The van der Waals surface area contributed by atoms with Gasteiger partial charge < -0.3 is 9.64 Å². The van der Waals surface area contributed by atoms with E-state index < -0.39 is 47.7 Å². The van der Waals surface area contributed by atoms with Gasteiger partial charge in [0, 0.05) is 23.5 Å². The Balaban J connectivity index is 1.58. The maximum absolute atomic E-state index is 14.4. The monoisotopic (exact) mass is 633 g/mol. The second-order valence-corrected chi connectivity index (χ2v) is 12.3. The van der Waals surface area contributed by atoms with E-state index in [4.69, 9.17) is 10.6 Å². The van der Waals surface area contributed by atoms with Crippen molar-refractivity contribution in [3.05, 3.63) is 58.4 Å². The van der Waals surface area contributed by atoms with Crippen LogP contribution < -0.4 is 16.2 Å². The summed E-state index contributed by atoms with van der Waals surface area (Å²) in [7, 11) is 0. The number of nitrogens with two attached hydrogens (primary N) is 1. The number of hydrogen-bond donors (Lipinski definition) is 2. The van der Waals surface area contributed by atoms with Gasteiger partial charge in [0.05, 0.1) is 0 Å². The van der Waals surface area contributed by atoms with Crippen molar-refractivity contribution in [3.8, 4) is 0 Å². The summed E-state index contributed by atoms with van der Waals surface area (Å²) in [5.74, 6) is 1.14. The zero-order valence-electron chi connectivity index (χ0n) is 24.0. The van der Waals surface area contributed by atoms with Crippen molar-refractivity contribution >= 4 is 40.6 Å². The van der Waals surface area contributed by atoms with E-state index in [0.29, 0.717) is 21.5 Å². The molecule has 1 aliphatic heterocycles. The molecule has 2 fully saturated rings. The van der Waals surface area contributed by atoms with Crippen LogP contribution in [0.2, 0.25) is 0 Å². The Morgan fingerprint density at radius 1 is 1.16 bits per heavy atom. The number of benzene rings is 1. The summed E-state index contributed by atoms with van der Waals surface area (Å²) in [4.78, 5) is 60.8. The van der Waals surface area contributed by atoms with Crippen molar-refractivity contribution in [1.82, 2.24) is 20.2 Å². The number of amides is 4. The first-order valence-corrected chi connectivity index (χ1v) is 15.1. The van der Waals surface area contributed by atoms with Crippen molar-refractivity contribution in [2.45, 2.75) is 70.4 Å². The van der Waals surface area contributed by atoms with Gasteiger partial charge in [-0.25, -0.2) is 20.5 Å². The number of aromatic nitrogens is 1. The van der Waals surface area contributed by atoms with Gasteiger partial charge in [-0.3, -0.25) is 24.7 Å². The summed E-state index contributed by atoms with van der Waals surface area (Å²) >= 11 is 1.16. The molecule has 15 heteroatoms. The number of carbonyl (C=O) groups is 3. The van der Waals surface area contributed by atoms with E-state index in [1.807, 2.05) is 13.8 Å². The van der Waals surface area contributed by atoms with Crippen molar-refractivity contribution in [2.75, 3.05) is 11.4 Å². The molecule has 2 saturated carbocycles. The fraction of sp³-hybridized carbons (Fsp3) is 0.483. The number of urea groups is 1. The number of alkyl halides is 3. The zero-order chi connectivity index (χ0) is 31.8. The lowest BCUT2D eigenvalue weighted by Gasteiger charge is -2.29. The maximum atomic E-state index is 14.4. The predicted octanol–water partition coefficient (Wildman–Crippen LogP) is 4.40. The number of hydrazine groups is 1. The third-order valence-electron chi connectivity index (χ3n) is 7.45. The molecule has 11 nitrogen and oxygen atoms in total. The number of nitrogens with one attached hydrogen (secondary N) is 1. The fourth-order valence-corrected chi connectivity index (χ4v) is 5.99. The van der Waals surface area contributed by atoms with E-state index in [0.717, 1.165) is 37.0 Å². The molecule has 1 aromatic heterocycles. The third kappa shape index (κ3) is 6.58. The van der Waals surface area contributed by atoms with Crippen molar-refractivity contribution < 1.29 is 37.1 Å². The topological polar surface area (TPSA) is 138 Å². The average Bonchev–Trinajstić information content (AvgIpc) is 3.91. The summed E-state index contributed by atoms with van der Waals surface area (Å²) in [5.41, 5.74) is 0.354. The maximum Gasteiger partial charge on any atom is 0.451 e. The third-order valence-corrected chi connectivity index (χ3v) is 8.33. The first-order chi connectivity index (χ1) is 20.9. The van der Waals surface area contributed by atoms with Gasteiger partial charge in [-0.2, -0.15) is 13.2 Å². The highest BCUT2D eigenvalue weighted by molar-refractivity contribution is 7.14. The van der Waals surface area contributed by atoms with E-state index in [1.54, 1.807) is 17.8 Å². The van der Waals surface area contributed by atoms with E-state index in [9.17, 15) is 32.3 Å². The summed E-state index contributed by atoms with van der Waals surface area (Å²) in [5, 5.41) is 1.94. The van der Waals surface area contributed by atoms with Crippen LogP contribution in [0.15, 0.2) is 47.2 Å². The van der Waals surface area contributed by atoms with E-state index in [1.165, 1.54) is 29.6 Å². The van der Waals surface area contributed by atoms with Crippen LogP contribution in [-0.4, -0.2) is 63.7 Å². The Morgan fingerprint density at radius 3 is 2.39 bits per heavy atom. The largest absolute Gasteiger partial charge is 0.458 e. The SMILES string of the molecule is CC(C)CN(c1nc(C(=O)N(C(=O)C2=C(C(F)(F)F)OC(c3ccccc3)N2C(=O)NN)[C@H]([C]=O)CC2CC2)cs1)C1CC1. The fourth-order valence-electron chi connectivity index (χ4n) is 5.11. The highest BCUT2D eigenvalue weighted by atomic mass is 32.1. The molecular weight excluding hydrogens is 601 g/mol. The number of hydrogen-bond acceptors (Lipinski definition) is 9. The molecule has 1 aromatic carbocycles. The quantitative estimate of drug-likeness (QED) is 0.161. The van der Waals surface area contributed by atoms with Crippen molar-refractivity contribution in [1.29, 1.82) is 0 Å². The second-order valence-electron chi connectivity index (χ2n) is 11.5. The van der Waals surface area contributed by atoms with Crippen LogP contribution >= 0.6 is 11.3 Å². The first kappa shape index (κ1) is 31.4. The first-order valence-electron chi connectivity index (χ1n) is 14.2. The van der Waals surface area contributed by atoms with Gasteiger partial charge in [-0.05, 0) is 31.1 Å². The number of imide groups is 1. The predicted molar refractivity (Wildman–Crippen MR) is 153 cm³/mol. The number of thiazole rings is 1. The molecule has 44 heavy (non-hydrogen) atoms. The lowest BCUT2D eigenvalue weighted by atomic mass is 10.1. The minimum absolute atomic E-state index is 0.000209. The summed E-state index contributed by atoms with van der Waals surface area (Å²) in [6.07, 6.45) is -1.97. The van der Waals surface area contributed by atoms with Gasteiger partial charge in [0.2, 0.25) is 18.3 Å². The molecule has 3 aliphatic rings. The number of allylic oxidation sites excluding steroid dienone is 1. The van der Waals surface area contributed by atoms with Gasteiger partial charge in [0.15, 0.2) is 10.8 Å². The van der Waals surface area contributed by atoms with Gasteiger partial charge >= 0.3 is 12.2 Å². The normalized spacial score (nSPS) is 19.1. The lowest BCUT2D eigenvalue weighted by molar-refractivity contribution is -0.139. The van der Waals surface area contributed by atoms with Crippen LogP contribution in [0.25, 0.3) is 0 Å². The number of carbonyl (C=O) groups excluding carboxylic acids is 4. The second kappa shape index (κ2) is 12.6. The number of ether oxygens (including phenoxy) is 1. The Kier molecular flexibility index (Phi) is 8.97. The zero-order valence-corrected chi connectivity index (χ0v) is 24.9. The Bertz CT molecular complexity index is 1440. The molecule has 2 aliphatic carbocycles. The summed E-state index contributed by atoms with van der Waals surface area (Å²) in [6, 6.07) is 4.85. The molecule has 2 heterocycles. The molecule has 4 amide bonds. The number of halogens is 3. The number of anilines is 1. The van der Waals surface area contributed by atoms with Gasteiger partial charge in [-0.1, -0.05) is 57.0 Å². The van der Waals surface area contributed by atoms with Crippen molar-refractivity contribution in [2.24, 2.45) is 17.7 Å². The molecule has 2 aromatic rings.